The van der Waals surface area contributed by atoms with Crippen LogP contribution in [-0.2, 0) is 4.79 Å². The van der Waals surface area contributed by atoms with Gasteiger partial charge >= 0.3 is 0 Å². The smallest absolute Gasteiger partial charge is 0.270 e. The highest BCUT2D eigenvalue weighted by Gasteiger charge is 2.15. The summed E-state index contributed by atoms with van der Waals surface area (Å²) in [5.74, 6) is -1.22. The summed E-state index contributed by atoms with van der Waals surface area (Å²) < 4.78 is 0. The largest absolute Gasteiger partial charge is 0.293 e. The lowest BCUT2D eigenvalue weighted by atomic mass is 10.2. The molecule has 0 aromatic heterocycles. The number of nitrogens with one attached hydrogen (secondary N) is 1. The number of carbonyl (C=O) groups excluding carboxylic acids is 2. The summed E-state index contributed by atoms with van der Waals surface area (Å²) in [4.78, 5) is 31.8. The highest BCUT2D eigenvalue weighted by Crippen LogP contribution is 2.22. The van der Waals surface area contributed by atoms with Crippen molar-refractivity contribution in [3.63, 3.8) is 0 Å². The Labute approximate surface area is 95.4 Å². The fraction of sp³-hybridized carbons (Fsp3) is 0.111. The second-order valence-corrected chi connectivity index (χ2v) is 3.34. The van der Waals surface area contributed by atoms with Crippen molar-refractivity contribution in [1.29, 1.82) is 0 Å². The maximum absolute atomic E-state index is 11.4. The molecule has 0 radical (unpaired) electrons. The van der Waals surface area contributed by atoms with Crippen LogP contribution in [0.1, 0.15) is 17.3 Å². The van der Waals surface area contributed by atoms with Gasteiger partial charge in [-0.15, -0.1) is 0 Å². The summed E-state index contributed by atoms with van der Waals surface area (Å²) >= 11 is 5.68. The first-order valence-corrected chi connectivity index (χ1v) is 4.55. The van der Waals surface area contributed by atoms with Crippen molar-refractivity contribution in [2.45, 2.75) is 6.92 Å². The van der Waals surface area contributed by atoms with Gasteiger partial charge in [-0.3, -0.25) is 25.0 Å². The molecule has 1 N–H and O–H groups in total. The van der Waals surface area contributed by atoms with Crippen molar-refractivity contribution in [2.75, 3.05) is 0 Å². The molecule has 0 bridgehead atoms. The topological polar surface area (TPSA) is 89.3 Å². The molecule has 2 amide bonds. The van der Waals surface area contributed by atoms with E-state index in [0.29, 0.717) is 0 Å². The summed E-state index contributed by atoms with van der Waals surface area (Å²) in [6.07, 6.45) is 0. The Bertz CT molecular complexity index is 473. The van der Waals surface area contributed by atoms with E-state index in [9.17, 15) is 19.7 Å². The minimum Gasteiger partial charge on any atom is -0.293 e. The lowest BCUT2D eigenvalue weighted by Gasteiger charge is -2.02. The SMILES string of the molecule is CC(=O)NC(=O)c1ccc([N+](=O)[O-])cc1Cl. The number of hydrogen-bond donors (Lipinski definition) is 1. The zero-order chi connectivity index (χ0) is 12.3. The van der Waals surface area contributed by atoms with Crippen molar-refractivity contribution in [3.05, 3.63) is 38.9 Å². The Kier molecular flexibility index (Phi) is 3.57. The first kappa shape index (κ1) is 12.1. The molecule has 0 spiro atoms. The fourth-order valence-corrected chi connectivity index (χ4v) is 1.29. The molecule has 1 rings (SSSR count). The molecule has 0 heterocycles. The summed E-state index contributed by atoms with van der Waals surface area (Å²) in [6, 6.07) is 3.39. The molecule has 0 aliphatic heterocycles. The molecule has 0 atom stereocenters. The third-order valence-electron chi connectivity index (χ3n) is 1.70. The third kappa shape index (κ3) is 2.77. The number of imide groups is 1. The average Bonchev–Trinajstić information content (AvgIpc) is 2.15. The Balaban J connectivity index is 3.03. The fourth-order valence-electron chi connectivity index (χ4n) is 1.03. The van der Waals surface area contributed by atoms with Gasteiger partial charge in [0, 0.05) is 19.1 Å². The van der Waals surface area contributed by atoms with E-state index in [4.69, 9.17) is 11.6 Å². The molecule has 0 saturated heterocycles. The van der Waals surface area contributed by atoms with Gasteiger partial charge in [-0.05, 0) is 6.07 Å². The Morgan fingerprint density at radius 1 is 1.44 bits per heavy atom. The highest BCUT2D eigenvalue weighted by atomic mass is 35.5. The van der Waals surface area contributed by atoms with Crippen molar-refractivity contribution in [1.82, 2.24) is 5.32 Å². The molecule has 6 nitrogen and oxygen atoms in total. The van der Waals surface area contributed by atoms with Crippen LogP contribution in [0.25, 0.3) is 0 Å². The quantitative estimate of drug-likeness (QED) is 0.629. The number of amides is 2. The summed E-state index contributed by atoms with van der Waals surface area (Å²) in [5.41, 5.74) is -0.202. The first-order chi connectivity index (χ1) is 7.41. The van der Waals surface area contributed by atoms with Gasteiger partial charge in [0.05, 0.1) is 15.5 Å². The number of carbonyl (C=O) groups is 2. The van der Waals surface area contributed by atoms with Crippen LogP contribution in [0.15, 0.2) is 18.2 Å². The van der Waals surface area contributed by atoms with E-state index >= 15 is 0 Å². The molecule has 7 heteroatoms. The summed E-state index contributed by atoms with van der Waals surface area (Å²) in [5, 5.41) is 12.3. The van der Waals surface area contributed by atoms with Crippen LogP contribution in [0.2, 0.25) is 5.02 Å². The van der Waals surface area contributed by atoms with Crippen LogP contribution in [0.3, 0.4) is 0 Å². The minimum atomic E-state index is -0.688. The standard InChI is InChI=1S/C9H7ClN2O4/c1-5(13)11-9(14)7-3-2-6(12(15)16)4-8(7)10/h2-4H,1H3,(H,11,13,14). The van der Waals surface area contributed by atoms with E-state index < -0.39 is 16.7 Å². The predicted molar refractivity (Wildman–Crippen MR) is 56.3 cm³/mol. The molecular weight excluding hydrogens is 236 g/mol. The Hall–Kier alpha value is -1.95. The average molecular weight is 243 g/mol. The number of halogens is 1. The number of rotatable bonds is 2. The zero-order valence-electron chi connectivity index (χ0n) is 8.19. The molecule has 84 valence electrons. The molecule has 1 aromatic rings. The number of benzene rings is 1. The van der Waals surface area contributed by atoms with Crippen LogP contribution in [0.5, 0.6) is 0 Å². The second kappa shape index (κ2) is 4.71. The minimum absolute atomic E-state index is 0.0162. The van der Waals surface area contributed by atoms with Gasteiger partial charge in [-0.1, -0.05) is 11.6 Å². The van der Waals surface area contributed by atoms with E-state index in [1.54, 1.807) is 0 Å². The molecule has 0 fully saturated rings. The lowest BCUT2D eigenvalue weighted by Crippen LogP contribution is -2.28. The lowest BCUT2D eigenvalue weighted by molar-refractivity contribution is -0.384. The molecule has 16 heavy (non-hydrogen) atoms. The summed E-state index contributed by atoms with van der Waals surface area (Å²) in [6.45, 7) is 1.18. The molecule has 1 aromatic carbocycles. The number of nitro benzene ring substituents is 1. The van der Waals surface area contributed by atoms with Crippen molar-refractivity contribution in [3.8, 4) is 0 Å². The maximum atomic E-state index is 11.4. The van der Waals surface area contributed by atoms with Crippen LogP contribution < -0.4 is 5.32 Å². The number of nitrogens with zero attached hydrogens (tertiary/aromatic N) is 1. The molecular formula is C9H7ClN2O4. The van der Waals surface area contributed by atoms with E-state index in [1.165, 1.54) is 13.0 Å². The van der Waals surface area contributed by atoms with Gasteiger partial charge < -0.3 is 0 Å². The van der Waals surface area contributed by atoms with E-state index in [-0.39, 0.29) is 16.3 Å². The predicted octanol–water partition coefficient (Wildman–Crippen LogP) is 1.52. The van der Waals surface area contributed by atoms with E-state index in [2.05, 4.69) is 0 Å². The number of hydrogen-bond acceptors (Lipinski definition) is 4. The second-order valence-electron chi connectivity index (χ2n) is 2.93. The van der Waals surface area contributed by atoms with Crippen molar-refractivity contribution in [2.24, 2.45) is 0 Å². The molecule has 0 unspecified atom stereocenters. The van der Waals surface area contributed by atoms with Crippen LogP contribution in [0, 0.1) is 10.1 Å². The third-order valence-corrected chi connectivity index (χ3v) is 2.01. The van der Waals surface area contributed by atoms with Gasteiger partial charge in [0.15, 0.2) is 0 Å². The molecule has 0 saturated carbocycles. The summed E-state index contributed by atoms with van der Waals surface area (Å²) in [7, 11) is 0. The normalized spacial score (nSPS) is 9.62. The Morgan fingerprint density at radius 2 is 2.06 bits per heavy atom. The monoisotopic (exact) mass is 242 g/mol. The number of nitro groups is 1. The highest BCUT2D eigenvalue weighted by molar-refractivity contribution is 6.34. The van der Waals surface area contributed by atoms with Gasteiger partial charge in [-0.25, -0.2) is 0 Å². The Morgan fingerprint density at radius 3 is 2.50 bits per heavy atom. The van der Waals surface area contributed by atoms with Gasteiger partial charge in [0.25, 0.3) is 11.6 Å². The van der Waals surface area contributed by atoms with Crippen LogP contribution >= 0.6 is 11.6 Å². The van der Waals surface area contributed by atoms with Crippen molar-refractivity contribution >= 4 is 29.1 Å². The van der Waals surface area contributed by atoms with Crippen molar-refractivity contribution < 1.29 is 14.5 Å². The molecule has 0 aliphatic rings. The van der Waals surface area contributed by atoms with Gasteiger partial charge in [0.1, 0.15) is 0 Å². The van der Waals surface area contributed by atoms with Gasteiger partial charge in [0.2, 0.25) is 5.91 Å². The van der Waals surface area contributed by atoms with Crippen LogP contribution in [-0.4, -0.2) is 16.7 Å². The molecule has 0 aliphatic carbocycles. The maximum Gasteiger partial charge on any atom is 0.270 e. The van der Waals surface area contributed by atoms with E-state index in [1.807, 2.05) is 5.32 Å². The van der Waals surface area contributed by atoms with Crippen LogP contribution in [0.4, 0.5) is 5.69 Å². The first-order valence-electron chi connectivity index (χ1n) is 4.17. The number of non-ortho nitro benzene ring substituents is 1. The zero-order valence-corrected chi connectivity index (χ0v) is 8.95. The van der Waals surface area contributed by atoms with E-state index in [0.717, 1.165) is 12.1 Å². The van der Waals surface area contributed by atoms with Gasteiger partial charge in [-0.2, -0.15) is 0 Å².